The number of benzene rings is 2. The van der Waals surface area contributed by atoms with Crippen molar-refractivity contribution in [2.24, 2.45) is 5.73 Å². The summed E-state index contributed by atoms with van der Waals surface area (Å²) in [7, 11) is 0. The second-order valence-electron chi connectivity index (χ2n) is 4.83. The van der Waals surface area contributed by atoms with Gasteiger partial charge in [0, 0.05) is 13.4 Å². The van der Waals surface area contributed by atoms with Gasteiger partial charge in [0.05, 0.1) is 6.04 Å². The first-order valence-corrected chi connectivity index (χ1v) is 8.12. The van der Waals surface area contributed by atoms with Crippen LogP contribution < -0.4 is 5.73 Å². The first-order valence-electron chi connectivity index (χ1n) is 6.25. The highest BCUT2D eigenvalue weighted by atomic mass is 127. The van der Waals surface area contributed by atoms with Gasteiger partial charge in [-0.3, -0.25) is 0 Å². The lowest BCUT2D eigenvalue weighted by molar-refractivity contribution is 0.524. The van der Waals surface area contributed by atoms with Gasteiger partial charge in [0.25, 0.3) is 0 Å². The third-order valence-corrected chi connectivity index (χ3v) is 4.77. The molecule has 20 heavy (non-hydrogen) atoms. The summed E-state index contributed by atoms with van der Waals surface area (Å²) in [6.07, 6.45) is 0. The Hall–Kier alpha value is -0.850. The molecule has 0 bridgehead atoms. The van der Waals surface area contributed by atoms with E-state index in [9.17, 15) is 0 Å². The lowest BCUT2D eigenvalue weighted by Crippen LogP contribution is -2.12. The largest absolute Gasteiger partial charge is 0.459 e. The Morgan fingerprint density at radius 3 is 2.75 bits per heavy atom. The van der Waals surface area contributed by atoms with Crippen molar-refractivity contribution in [3.63, 3.8) is 0 Å². The molecule has 0 fully saturated rings. The van der Waals surface area contributed by atoms with Gasteiger partial charge in [-0.05, 0) is 71.5 Å². The fourth-order valence-electron chi connectivity index (χ4n) is 2.24. The molecule has 0 saturated carbocycles. The maximum absolute atomic E-state index is 6.37. The van der Waals surface area contributed by atoms with E-state index in [0.717, 1.165) is 30.3 Å². The van der Waals surface area contributed by atoms with Crippen molar-refractivity contribution in [3.05, 3.63) is 67.4 Å². The molecule has 0 radical (unpaired) electrons. The lowest BCUT2D eigenvalue weighted by Gasteiger charge is -2.11. The van der Waals surface area contributed by atoms with Gasteiger partial charge in [0.1, 0.15) is 11.3 Å². The van der Waals surface area contributed by atoms with Gasteiger partial charge in [-0.25, -0.2) is 0 Å². The third-order valence-electron chi connectivity index (χ3n) is 3.29. The number of rotatable bonds is 2. The monoisotopic (exact) mass is 441 g/mol. The summed E-state index contributed by atoms with van der Waals surface area (Å²) in [5, 5.41) is 1.10. The molecule has 2 N–H and O–H groups in total. The predicted octanol–water partition coefficient (Wildman–Crippen LogP) is 5.16. The first kappa shape index (κ1) is 14.1. The Kier molecular flexibility index (Phi) is 3.88. The van der Waals surface area contributed by atoms with Crippen LogP contribution in [0.4, 0.5) is 0 Å². The van der Waals surface area contributed by atoms with Gasteiger partial charge < -0.3 is 10.2 Å². The molecule has 3 rings (SSSR count). The molecule has 1 atom stereocenters. The van der Waals surface area contributed by atoms with E-state index in [1.807, 2.05) is 36.4 Å². The molecule has 0 aliphatic heterocycles. The molecule has 0 saturated heterocycles. The van der Waals surface area contributed by atoms with Gasteiger partial charge in [0.15, 0.2) is 0 Å². The van der Waals surface area contributed by atoms with Gasteiger partial charge in [-0.2, -0.15) is 0 Å². The van der Waals surface area contributed by atoms with Crippen molar-refractivity contribution < 1.29 is 4.42 Å². The van der Waals surface area contributed by atoms with E-state index in [-0.39, 0.29) is 6.04 Å². The summed E-state index contributed by atoms with van der Waals surface area (Å²) in [5.74, 6) is 0.793. The van der Waals surface area contributed by atoms with Crippen LogP contribution in [0.3, 0.4) is 0 Å². The van der Waals surface area contributed by atoms with Crippen LogP contribution in [0.25, 0.3) is 11.0 Å². The molecule has 2 nitrogen and oxygen atoms in total. The Bertz CT molecular complexity index is 781. The van der Waals surface area contributed by atoms with Crippen molar-refractivity contribution >= 4 is 49.5 Å². The number of nitrogens with two attached hydrogens (primary N) is 1. The Morgan fingerprint density at radius 1 is 1.15 bits per heavy atom. The number of aryl methyl sites for hydroxylation is 1. The molecule has 4 heteroatoms. The Balaban J connectivity index is 2.07. The summed E-state index contributed by atoms with van der Waals surface area (Å²) in [4.78, 5) is 0. The fraction of sp³-hybridized carbons (Fsp3) is 0.125. The van der Waals surface area contributed by atoms with E-state index in [2.05, 4.69) is 51.5 Å². The van der Waals surface area contributed by atoms with E-state index in [0.29, 0.717) is 0 Å². The lowest BCUT2D eigenvalue weighted by atomic mass is 10.1. The van der Waals surface area contributed by atoms with E-state index >= 15 is 0 Å². The zero-order chi connectivity index (χ0) is 14.3. The van der Waals surface area contributed by atoms with Crippen LogP contribution in [-0.2, 0) is 0 Å². The van der Waals surface area contributed by atoms with Crippen molar-refractivity contribution in [3.8, 4) is 0 Å². The average molecular weight is 442 g/mol. The number of fused-ring (bicyclic) bond motifs is 1. The molecular formula is C16H13BrINO. The van der Waals surface area contributed by atoms with E-state index < -0.39 is 0 Å². The summed E-state index contributed by atoms with van der Waals surface area (Å²) in [6.45, 7) is 2.07. The molecule has 0 amide bonds. The first-order chi connectivity index (χ1) is 9.54. The molecule has 0 aliphatic carbocycles. The minimum atomic E-state index is -0.257. The summed E-state index contributed by atoms with van der Waals surface area (Å²) in [5.41, 5.74) is 9.53. The molecule has 1 heterocycles. The van der Waals surface area contributed by atoms with Crippen LogP contribution in [0.5, 0.6) is 0 Å². The van der Waals surface area contributed by atoms with Crippen LogP contribution in [0, 0.1) is 10.5 Å². The highest BCUT2D eigenvalue weighted by molar-refractivity contribution is 14.1. The van der Waals surface area contributed by atoms with Crippen LogP contribution in [0.2, 0.25) is 0 Å². The van der Waals surface area contributed by atoms with E-state index in [4.69, 9.17) is 10.2 Å². The SMILES string of the molecule is Cc1ccc2oc(C(N)c3cc(Br)ccc3I)cc2c1. The van der Waals surface area contributed by atoms with Crippen molar-refractivity contribution in [1.82, 2.24) is 0 Å². The fourth-order valence-corrected chi connectivity index (χ4v) is 3.29. The number of halogens is 2. The molecule has 2 aromatic carbocycles. The standard InChI is InChI=1S/C16H13BrINO/c1-9-2-5-14-10(6-9)7-15(20-14)16(19)12-8-11(17)3-4-13(12)18/h2-8,16H,19H2,1H3. The predicted molar refractivity (Wildman–Crippen MR) is 93.8 cm³/mol. The Morgan fingerprint density at radius 2 is 1.95 bits per heavy atom. The summed E-state index contributed by atoms with van der Waals surface area (Å²) >= 11 is 5.79. The van der Waals surface area contributed by atoms with Crippen molar-refractivity contribution in [2.75, 3.05) is 0 Å². The molecule has 3 aromatic rings. The zero-order valence-corrected chi connectivity index (χ0v) is 14.6. The second-order valence-corrected chi connectivity index (χ2v) is 6.91. The van der Waals surface area contributed by atoms with Gasteiger partial charge in [0.2, 0.25) is 0 Å². The topological polar surface area (TPSA) is 39.2 Å². The van der Waals surface area contributed by atoms with Gasteiger partial charge in [-0.1, -0.05) is 27.6 Å². The van der Waals surface area contributed by atoms with E-state index in [1.54, 1.807) is 0 Å². The number of furan rings is 1. The van der Waals surface area contributed by atoms with Crippen LogP contribution in [-0.4, -0.2) is 0 Å². The van der Waals surface area contributed by atoms with Gasteiger partial charge >= 0.3 is 0 Å². The molecule has 0 aliphatic rings. The molecule has 102 valence electrons. The quantitative estimate of drug-likeness (QED) is 0.558. The summed E-state index contributed by atoms with van der Waals surface area (Å²) < 4.78 is 8.05. The maximum atomic E-state index is 6.37. The average Bonchev–Trinajstić information content (AvgIpc) is 2.83. The highest BCUT2D eigenvalue weighted by Gasteiger charge is 2.17. The second kappa shape index (κ2) is 5.50. The molecule has 1 unspecified atom stereocenters. The summed E-state index contributed by atoms with van der Waals surface area (Å²) in [6, 6.07) is 14.0. The third kappa shape index (κ3) is 2.64. The highest BCUT2D eigenvalue weighted by Crippen LogP contribution is 2.31. The minimum Gasteiger partial charge on any atom is -0.459 e. The molecule has 0 spiro atoms. The van der Waals surface area contributed by atoms with Crippen LogP contribution in [0.15, 0.2) is 51.4 Å². The Labute approximate surface area is 139 Å². The minimum absolute atomic E-state index is 0.257. The molecule has 1 aromatic heterocycles. The smallest absolute Gasteiger partial charge is 0.134 e. The van der Waals surface area contributed by atoms with Crippen LogP contribution >= 0.6 is 38.5 Å². The molecular weight excluding hydrogens is 429 g/mol. The maximum Gasteiger partial charge on any atom is 0.134 e. The van der Waals surface area contributed by atoms with Gasteiger partial charge in [-0.15, -0.1) is 0 Å². The van der Waals surface area contributed by atoms with Crippen molar-refractivity contribution in [1.29, 1.82) is 0 Å². The van der Waals surface area contributed by atoms with E-state index in [1.165, 1.54) is 5.56 Å². The normalized spacial score (nSPS) is 12.8. The van der Waals surface area contributed by atoms with Crippen molar-refractivity contribution in [2.45, 2.75) is 13.0 Å². The number of hydrogen-bond donors (Lipinski definition) is 1. The number of hydrogen-bond acceptors (Lipinski definition) is 2. The van der Waals surface area contributed by atoms with Crippen LogP contribution in [0.1, 0.15) is 22.9 Å². The zero-order valence-electron chi connectivity index (χ0n) is 10.9.